The van der Waals surface area contributed by atoms with E-state index in [1.807, 2.05) is 7.05 Å². The molecule has 0 aromatic heterocycles. The van der Waals surface area contributed by atoms with Crippen molar-refractivity contribution in [2.45, 2.75) is 52.5 Å². The number of guanidine groups is 1. The minimum atomic E-state index is 0. The molecule has 18 heavy (non-hydrogen) atoms. The van der Waals surface area contributed by atoms with Crippen LogP contribution >= 0.6 is 24.0 Å². The first kappa shape index (κ1) is 16.1. The molecule has 2 rings (SSSR count). The van der Waals surface area contributed by atoms with E-state index in [4.69, 9.17) is 0 Å². The van der Waals surface area contributed by atoms with Gasteiger partial charge in [-0.05, 0) is 30.6 Å². The lowest BCUT2D eigenvalue weighted by Crippen LogP contribution is -2.42. The summed E-state index contributed by atoms with van der Waals surface area (Å²) in [4.78, 5) is 6.86. The lowest BCUT2D eigenvalue weighted by atomic mass is 9.93. The van der Waals surface area contributed by atoms with E-state index in [2.05, 4.69) is 36.0 Å². The Morgan fingerprint density at radius 3 is 2.67 bits per heavy atom. The number of hydrogen-bond acceptors (Lipinski definition) is 1. The molecule has 2 fully saturated rings. The molecule has 0 aromatic rings. The van der Waals surface area contributed by atoms with Crippen LogP contribution in [0.2, 0.25) is 0 Å². The van der Waals surface area contributed by atoms with Crippen molar-refractivity contribution in [3.63, 3.8) is 0 Å². The topological polar surface area (TPSA) is 27.6 Å². The van der Waals surface area contributed by atoms with Crippen LogP contribution in [0.4, 0.5) is 0 Å². The van der Waals surface area contributed by atoms with E-state index in [-0.39, 0.29) is 24.0 Å². The smallest absolute Gasteiger partial charge is 0.193 e. The summed E-state index contributed by atoms with van der Waals surface area (Å²) in [5.41, 5.74) is 0.448. The van der Waals surface area contributed by atoms with Crippen molar-refractivity contribution < 1.29 is 0 Å². The van der Waals surface area contributed by atoms with Gasteiger partial charge in [0.1, 0.15) is 0 Å². The molecule has 1 N–H and O–H groups in total. The largest absolute Gasteiger partial charge is 0.353 e. The van der Waals surface area contributed by atoms with E-state index in [1.54, 1.807) is 0 Å². The molecule has 2 unspecified atom stereocenters. The molecule has 0 spiro atoms. The van der Waals surface area contributed by atoms with Crippen molar-refractivity contribution in [3.8, 4) is 0 Å². The van der Waals surface area contributed by atoms with Gasteiger partial charge in [-0.2, -0.15) is 0 Å². The molecule has 1 aliphatic heterocycles. The van der Waals surface area contributed by atoms with Gasteiger partial charge in [0, 0.05) is 26.2 Å². The van der Waals surface area contributed by atoms with Crippen LogP contribution in [-0.4, -0.2) is 37.0 Å². The van der Waals surface area contributed by atoms with Crippen LogP contribution in [0.25, 0.3) is 0 Å². The van der Waals surface area contributed by atoms with Crippen LogP contribution in [0.3, 0.4) is 0 Å². The van der Waals surface area contributed by atoms with Gasteiger partial charge in [-0.1, -0.05) is 27.2 Å². The lowest BCUT2D eigenvalue weighted by Gasteiger charge is -2.23. The Morgan fingerprint density at radius 1 is 1.44 bits per heavy atom. The third kappa shape index (κ3) is 4.00. The number of hydrogen-bond donors (Lipinski definition) is 1. The highest BCUT2D eigenvalue weighted by atomic mass is 127. The Bertz CT molecular complexity index is 301. The van der Waals surface area contributed by atoms with Crippen LogP contribution in [0, 0.1) is 11.3 Å². The highest BCUT2D eigenvalue weighted by Crippen LogP contribution is 2.35. The van der Waals surface area contributed by atoms with Crippen LogP contribution in [0.15, 0.2) is 4.99 Å². The Morgan fingerprint density at radius 2 is 2.17 bits per heavy atom. The molecule has 106 valence electrons. The van der Waals surface area contributed by atoms with Gasteiger partial charge in [0.25, 0.3) is 0 Å². The van der Waals surface area contributed by atoms with Gasteiger partial charge >= 0.3 is 0 Å². The zero-order chi connectivity index (χ0) is 12.5. The van der Waals surface area contributed by atoms with E-state index < -0.39 is 0 Å². The summed E-state index contributed by atoms with van der Waals surface area (Å²) in [6, 6.07) is 0.692. The number of halogens is 1. The third-order valence-electron chi connectivity index (χ3n) is 4.09. The molecule has 2 aliphatic rings. The normalized spacial score (nSPS) is 30.0. The minimum Gasteiger partial charge on any atom is -0.353 e. The Balaban J connectivity index is 0.00000162. The fourth-order valence-corrected chi connectivity index (χ4v) is 2.87. The summed E-state index contributed by atoms with van der Waals surface area (Å²) in [6.07, 6.45) is 5.28. The Hall–Kier alpha value is 0. The van der Waals surface area contributed by atoms with E-state index in [0.717, 1.165) is 25.0 Å². The van der Waals surface area contributed by atoms with Crippen LogP contribution in [-0.2, 0) is 0 Å². The van der Waals surface area contributed by atoms with E-state index >= 15 is 0 Å². The first-order valence-corrected chi connectivity index (χ1v) is 7.04. The molecule has 1 aliphatic carbocycles. The molecule has 0 radical (unpaired) electrons. The summed E-state index contributed by atoms with van der Waals surface area (Å²) in [6.45, 7) is 9.25. The second kappa shape index (κ2) is 6.44. The maximum Gasteiger partial charge on any atom is 0.193 e. The average molecular weight is 365 g/mol. The molecular formula is C14H28IN3. The highest BCUT2D eigenvalue weighted by molar-refractivity contribution is 14.0. The van der Waals surface area contributed by atoms with Gasteiger partial charge in [-0.3, -0.25) is 4.99 Å². The molecular weight excluding hydrogens is 337 g/mol. The highest BCUT2D eigenvalue weighted by Gasteiger charge is 2.38. The first-order valence-electron chi connectivity index (χ1n) is 7.04. The van der Waals surface area contributed by atoms with E-state index in [0.29, 0.717) is 11.5 Å². The molecule has 1 saturated heterocycles. The monoisotopic (exact) mass is 365 g/mol. The van der Waals surface area contributed by atoms with Crippen molar-refractivity contribution in [3.05, 3.63) is 0 Å². The predicted molar refractivity (Wildman–Crippen MR) is 88.7 cm³/mol. The van der Waals surface area contributed by atoms with Crippen LogP contribution < -0.4 is 5.32 Å². The second-order valence-electron chi connectivity index (χ2n) is 6.42. The van der Waals surface area contributed by atoms with Gasteiger partial charge in [0.15, 0.2) is 5.96 Å². The summed E-state index contributed by atoms with van der Waals surface area (Å²) in [7, 11) is 1.91. The zero-order valence-corrected chi connectivity index (χ0v) is 14.5. The SMILES string of the molecule is CCCC1CC1NC(=NC)N1CCC(C)(C)C1.I. The van der Waals surface area contributed by atoms with Crippen molar-refractivity contribution in [2.24, 2.45) is 16.3 Å². The average Bonchev–Trinajstić information content (AvgIpc) is 2.90. The summed E-state index contributed by atoms with van der Waals surface area (Å²) in [5, 5.41) is 3.63. The Labute approximate surface area is 129 Å². The third-order valence-corrected chi connectivity index (χ3v) is 4.09. The summed E-state index contributed by atoms with van der Waals surface area (Å²) < 4.78 is 0. The van der Waals surface area contributed by atoms with Crippen molar-refractivity contribution in [1.29, 1.82) is 0 Å². The van der Waals surface area contributed by atoms with E-state index in [9.17, 15) is 0 Å². The van der Waals surface area contributed by atoms with E-state index in [1.165, 1.54) is 25.7 Å². The maximum absolute atomic E-state index is 4.44. The fourth-order valence-electron chi connectivity index (χ4n) is 2.87. The number of nitrogens with one attached hydrogen (secondary N) is 1. The molecule has 1 saturated carbocycles. The van der Waals surface area contributed by atoms with Crippen LogP contribution in [0.1, 0.15) is 46.5 Å². The minimum absolute atomic E-state index is 0. The summed E-state index contributed by atoms with van der Waals surface area (Å²) >= 11 is 0. The Kier molecular flexibility index (Phi) is 5.74. The van der Waals surface area contributed by atoms with Crippen molar-refractivity contribution in [2.75, 3.05) is 20.1 Å². The maximum atomic E-state index is 4.44. The first-order chi connectivity index (χ1) is 8.05. The van der Waals surface area contributed by atoms with Crippen LogP contribution in [0.5, 0.6) is 0 Å². The molecule has 3 nitrogen and oxygen atoms in total. The molecule has 1 heterocycles. The van der Waals surface area contributed by atoms with Crippen molar-refractivity contribution >= 4 is 29.9 Å². The van der Waals surface area contributed by atoms with Gasteiger partial charge < -0.3 is 10.2 Å². The van der Waals surface area contributed by atoms with Crippen molar-refractivity contribution in [1.82, 2.24) is 10.2 Å². The summed E-state index contributed by atoms with van der Waals surface area (Å²) in [5.74, 6) is 2.02. The number of rotatable bonds is 3. The lowest BCUT2D eigenvalue weighted by molar-refractivity contribution is 0.369. The quantitative estimate of drug-likeness (QED) is 0.473. The number of nitrogens with zero attached hydrogens (tertiary/aromatic N) is 2. The van der Waals surface area contributed by atoms with Gasteiger partial charge in [0.2, 0.25) is 0 Å². The van der Waals surface area contributed by atoms with Gasteiger partial charge in [0.05, 0.1) is 0 Å². The molecule has 2 atom stereocenters. The zero-order valence-electron chi connectivity index (χ0n) is 12.2. The second-order valence-corrected chi connectivity index (χ2v) is 6.42. The van der Waals surface area contributed by atoms with Gasteiger partial charge in [-0.25, -0.2) is 0 Å². The van der Waals surface area contributed by atoms with Gasteiger partial charge in [-0.15, -0.1) is 24.0 Å². The number of likely N-dealkylation sites (tertiary alicyclic amines) is 1. The molecule has 0 amide bonds. The predicted octanol–water partition coefficient (Wildman–Crippen LogP) is 3.10. The molecule has 4 heteroatoms. The number of aliphatic imine (C=N–C) groups is 1. The molecule has 0 bridgehead atoms. The standard InChI is InChI=1S/C14H27N3.HI/c1-5-6-11-9-12(11)16-13(15-4)17-8-7-14(2,3)10-17;/h11-12H,5-10H2,1-4H3,(H,15,16);1H. The molecule has 0 aromatic carbocycles. The fraction of sp³-hybridized carbons (Fsp3) is 0.929.